The molecule has 0 radical (unpaired) electrons. The molecule has 156 valence electrons. The number of halogens is 3. The van der Waals surface area contributed by atoms with E-state index >= 15 is 0 Å². The first kappa shape index (κ1) is 20.4. The maximum Gasteiger partial charge on any atom is 0.416 e. The Morgan fingerprint density at radius 1 is 1.00 bits per heavy atom. The maximum absolute atomic E-state index is 13.0. The number of pyridine rings is 1. The van der Waals surface area contributed by atoms with Crippen molar-refractivity contribution in [3.63, 3.8) is 0 Å². The van der Waals surface area contributed by atoms with Crippen molar-refractivity contribution in [3.05, 3.63) is 65.7 Å². The fourth-order valence-corrected chi connectivity index (χ4v) is 3.94. The lowest BCUT2D eigenvalue weighted by molar-refractivity contribution is -0.137. The van der Waals surface area contributed by atoms with Gasteiger partial charge in [-0.05, 0) is 55.0 Å². The van der Waals surface area contributed by atoms with Gasteiger partial charge in [-0.2, -0.15) is 13.2 Å². The number of aryl methyl sites for hydroxylation is 1. The van der Waals surface area contributed by atoms with Crippen molar-refractivity contribution in [2.24, 2.45) is 0 Å². The molecule has 1 aliphatic rings. The first-order chi connectivity index (χ1) is 14.3. The number of rotatable bonds is 2. The lowest BCUT2D eigenvalue weighted by Crippen LogP contribution is -2.50. The van der Waals surface area contributed by atoms with Crippen LogP contribution in [0.2, 0.25) is 0 Å². The van der Waals surface area contributed by atoms with Crippen molar-refractivity contribution in [1.82, 2.24) is 9.88 Å². The molecule has 0 saturated carbocycles. The number of para-hydroxylation sites is 1. The number of fused-ring (bicyclic) bond motifs is 1. The van der Waals surface area contributed by atoms with Gasteiger partial charge in [0.2, 0.25) is 0 Å². The molecule has 2 heterocycles. The third kappa shape index (κ3) is 4.33. The third-order valence-electron chi connectivity index (χ3n) is 5.26. The number of hydrogen-bond donors (Lipinski definition) is 1. The van der Waals surface area contributed by atoms with Crippen molar-refractivity contribution >= 4 is 39.7 Å². The number of nitrogens with one attached hydrogen (secondary N) is 1. The van der Waals surface area contributed by atoms with Crippen LogP contribution in [0.1, 0.15) is 11.1 Å². The SMILES string of the molecule is Cc1cc(NC(=S)N2CCN(c3cccc(C(F)(F)F)c3)CC2)nc2ccccc12. The molecule has 2 aromatic carbocycles. The molecule has 0 unspecified atom stereocenters. The standard InChI is InChI=1S/C22H21F3N4S/c1-15-13-20(26-19-8-3-2-7-18(15)19)27-21(30)29-11-9-28(10-12-29)17-6-4-5-16(14-17)22(23,24)25/h2-8,13-14H,9-12H2,1H3,(H,26,27,30). The monoisotopic (exact) mass is 430 g/mol. The van der Waals surface area contributed by atoms with E-state index < -0.39 is 11.7 Å². The summed E-state index contributed by atoms with van der Waals surface area (Å²) in [6.07, 6.45) is -4.34. The van der Waals surface area contributed by atoms with Gasteiger partial charge in [0.25, 0.3) is 0 Å². The molecular formula is C22H21F3N4S. The molecule has 3 aromatic rings. The zero-order valence-corrected chi connectivity index (χ0v) is 17.2. The van der Waals surface area contributed by atoms with Crippen LogP contribution < -0.4 is 10.2 Å². The van der Waals surface area contributed by atoms with Gasteiger partial charge in [0.15, 0.2) is 5.11 Å². The van der Waals surface area contributed by atoms with Gasteiger partial charge in [-0.3, -0.25) is 0 Å². The lowest BCUT2D eigenvalue weighted by atomic mass is 10.1. The van der Waals surface area contributed by atoms with Crippen molar-refractivity contribution in [2.45, 2.75) is 13.1 Å². The Bertz CT molecular complexity index is 1080. The van der Waals surface area contributed by atoms with Gasteiger partial charge in [-0.25, -0.2) is 4.98 Å². The smallest absolute Gasteiger partial charge is 0.368 e. The summed E-state index contributed by atoms with van der Waals surface area (Å²) < 4.78 is 38.9. The highest BCUT2D eigenvalue weighted by Gasteiger charge is 2.31. The van der Waals surface area contributed by atoms with Gasteiger partial charge in [0.05, 0.1) is 11.1 Å². The van der Waals surface area contributed by atoms with Crippen molar-refractivity contribution in [1.29, 1.82) is 0 Å². The van der Waals surface area contributed by atoms with Crippen LogP contribution in [0.5, 0.6) is 0 Å². The Kier molecular flexibility index (Phi) is 5.51. The molecule has 1 aromatic heterocycles. The minimum Gasteiger partial charge on any atom is -0.368 e. The zero-order chi connectivity index (χ0) is 21.3. The van der Waals surface area contributed by atoms with Gasteiger partial charge in [-0.15, -0.1) is 0 Å². The topological polar surface area (TPSA) is 31.4 Å². The number of piperazine rings is 1. The van der Waals surface area contributed by atoms with Gasteiger partial charge >= 0.3 is 6.18 Å². The van der Waals surface area contributed by atoms with Gasteiger partial charge in [-0.1, -0.05) is 24.3 Å². The fourth-order valence-electron chi connectivity index (χ4n) is 3.65. The molecule has 1 saturated heterocycles. The summed E-state index contributed by atoms with van der Waals surface area (Å²) in [4.78, 5) is 8.59. The van der Waals surface area contributed by atoms with Crippen molar-refractivity contribution < 1.29 is 13.2 Å². The second-order valence-corrected chi connectivity index (χ2v) is 7.68. The second kappa shape index (κ2) is 8.10. The molecule has 0 amide bonds. The minimum atomic E-state index is -4.34. The Labute approximate surface area is 178 Å². The van der Waals surface area contributed by atoms with E-state index in [0.717, 1.165) is 22.5 Å². The largest absolute Gasteiger partial charge is 0.416 e. The Morgan fingerprint density at radius 2 is 1.73 bits per heavy atom. The average Bonchev–Trinajstić information content (AvgIpc) is 2.73. The normalized spacial score (nSPS) is 14.8. The van der Waals surface area contributed by atoms with Crippen LogP contribution in [-0.2, 0) is 6.18 Å². The lowest BCUT2D eigenvalue weighted by Gasteiger charge is -2.37. The molecule has 30 heavy (non-hydrogen) atoms. The number of nitrogens with zero attached hydrogens (tertiary/aromatic N) is 3. The predicted molar refractivity (Wildman–Crippen MR) is 118 cm³/mol. The van der Waals surface area contributed by atoms with E-state index in [1.54, 1.807) is 6.07 Å². The predicted octanol–water partition coefficient (Wildman–Crippen LogP) is 5.08. The summed E-state index contributed by atoms with van der Waals surface area (Å²) in [7, 11) is 0. The quantitative estimate of drug-likeness (QED) is 0.573. The average molecular weight is 430 g/mol. The molecule has 1 fully saturated rings. The highest BCUT2D eigenvalue weighted by atomic mass is 32.1. The minimum absolute atomic E-state index is 0.570. The Balaban J connectivity index is 1.40. The number of thiocarbonyl (C=S) groups is 1. The van der Waals surface area contributed by atoms with E-state index in [2.05, 4.69) is 10.3 Å². The zero-order valence-electron chi connectivity index (χ0n) is 16.4. The number of benzene rings is 2. The first-order valence-electron chi connectivity index (χ1n) is 9.66. The third-order valence-corrected chi connectivity index (χ3v) is 5.62. The van der Waals surface area contributed by atoms with Crippen LogP contribution in [0.3, 0.4) is 0 Å². The highest BCUT2D eigenvalue weighted by Crippen LogP contribution is 2.32. The van der Waals surface area contributed by atoms with Crippen LogP contribution >= 0.6 is 12.2 Å². The van der Waals surface area contributed by atoms with E-state index in [0.29, 0.717) is 42.8 Å². The summed E-state index contributed by atoms with van der Waals surface area (Å²) in [5.41, 5.74) is 1.96. The molecule has 4 rings (SSSR count). The Morgan fingerprint density at radius 3 is 2.47 bits per heavy atom. The molecule has 0 spiro atoms. The molecular weight excluding hydrogens is 409 g/mol. The van der Waals surface area contributed by atoms with Crippen LogP contribution in [0.25, 0.3) is 10.9 Å². The Hall–Kier alpha value is -2.87. The number of aromatic nitrogens is 1. The van der Waals surface area contributed by atoms with Crippen molar-refractivity contribution in [3.8, 4) is 0 Å². The summed E-state index contributed by atoms with van der Waals surface area (Å²) in [5.74, 6) is 0.691. The van der Waals surface area contributed by atoms with Gasteiger partial charge in [0.1, 0.15) is 5.82 Å². The molecule has 4 nitrogen and oxygen atoms in total. The highest BCUT2D eigenvalue weighted by molar-refractivity contribution is 7.80. The van der Waals surface area contributed by atoms with E-state index in [4.69, 9.17) is 12.2 Å². The summed E-state index contributed by atoms with van der Waals surface area (Å²) >= 11 is 5.55. The van der Waals surface area contributed by atoms with Crippen LogP contribution in [0.15, 0.2) is 54.6 Å². The van der Waals surface area contributed by atoms with Gasteiger partial charge in [0, 0.05) is 37.3 Å². The van der Waals surface area contributed by atoms with Crippen LogP contribution in [0.4, 0.5) is 24.7 Å². The second-order valence-electron chi connectivity index (χ2n) is 7.29. The van der Waals surface area contributed by atoms with E-state index in [1.165, 1.54) is 12.1 Å². The first-order valence-corrected chi connectivity index (χ1v) is 10.1. The molecule has 8 heteroatoms. The molecule has 1 N–H and O–H groups in total. The summed E-state index contributed by atoms with van der Waals surface area (Å²) in [6, 6.07) is 15.4. The molecule has 0 atom stereocenters. The van der Waals surface area contributed by atoms with Crippen LogP contribution in [0, 0.1) is 6.92 Å². The number of alkyl halides is 3. The molecule has 0 bridgehead atoms. The van der Waals surface area contributed by atoms with Crippen molar-refractivity contribution in [2.75, 3.05) is 36.4 Å². The molecule has 1 aliphatic heterocycles. The number of hydrogen-bond acceptors (Lipinski definition) is 3. The summed E-state index contributed by atoms with van der Waals surface area (Å²) in [6.45, 7) is 4.45. The number of anilines is 2. The van der Waals surface area contributed by atoms with E-state index in [-0.39, 0.29) is 0 Å². The van der Waals surface area contributed by atoms with Crippen LogP contribution in [-0.4, -0.2) is 41.2 Å². The maximum atomic E-state index is 13.0. The summed E-state index contributed by atoms with van der Waals surface area (Å²) in [5, 5.41) is 4.88. The van der Waals surface area contributed by atoms with E-state index in [1.807, 2.05) is 47.1 Å². The molecule has 0 aliphatic carbocycles. The fraction of sp³-hybridized carbons (Fsp3) is 0.273. The van der Waals surface area contributed by atoms with Gasteiger partial charge < -0.3 is 15.1 Å². The van der Waals surface area contributed by atoms with E-state index in [9.17, 15) is 13.2 Å².